The Labute approximate surface area is 180 Å². The quantitative estimate of drug-likeness (QED) is 0.473. The zero-order valence-electron chi connectivity index (χ0n) is 13.9. The minimum Gasteiger partial charge on any atom is -0.493 e. The zero-order chi connectivity index (χ0) is 19.3. The molecule has 0 spiro atoms. The molecule has 6 nitrogen and oxygen atoms in total. The summed E-state index contributed by atoms with van der Waals surface area (Å²) in [6.07, 6.45) is 1.50. The van der Waals surface area contributed by atoms with Gasteiger partial charge in [-0.1, -0.05) is 15.9 Å². The van der Waals surface area contributed by atoms with Gasteiger partial charge in [0.05, 0.1) is 22.5 Å². The Morgan fingerprint density at radius 1 is 1.11 bits per heavy atom. The van der Waals surface area contributed by atoms with E-state index < -0.39 is 12.1 Å². The van der Waals surface area contributed by atoms with E-state index in [1.165, 1.54) is 16.0 Å². The highest BCUT2D eigenvalue weighted by Gasteiger charge is 2.48. The topological polar surface area (TPSA) is 62.2 Å². The molecule has 1 saturated heterocycles. The zero-order valence-corrected chi connectivity index (χ0v) is 18.7. The second-order valence-electron chi connectivity index (χ2n) is 5.85. The summed E-state index contributed by atoms with van der Waals surface area (Å²) in [6.45, 7) is 2.41. The maximum absolute atomic E-state index is 13.2. The van der Waals surface area contributed by atoms with Gasteiger partial charge in [0.2, 0.25) is 0 Å². The minimum absolute atomic E-state index is 0.346. The number of ether oxygens (including phenoxy) is 1. The second kappa shape index (κ2) is 7.03. The molecular formula is C18H12Br3N3O3. The van der Waals surface area contributed by atoms with Crippen LogP contribution in [0.4, 0.5) is 21.9 Å². The molecule has 2 heterocycles. The Bertz CT molecular complexity index is 1010. The first-order chi connectivity index (χ1) is 12.9. The highest BCUT2D eigenvalue weighted by molar-refractivity contribution is 9.11. The van der Waals surface area contributed by atoms with Crippen molar-refractivity contribution in [3.8, 4) is 5.75 Å². The summed E-state index contributed by atoms with van der Waals surface area (Å²) < 4.78 is 7.69. The molecule has 1 atom stereocenters. The van der Waals surface area contributed by atoms with Crippen LogP contribution in [0.25, 0.3) is 0 Å². The van der Waals surface area contributed by atoms with Crippen LogP contribution in [0.1, 0.15) is 6.92 Å². The monoisotopic (exact) mass is 555 g/mol. The molecule has 2 aromatic rings. The van der Waals surface area contributed by atoms with E-state index in [9.17, 15) is 9.59 Å². The third-order valence-electron chi connectivity index (χ3n) is 4.23. The minimum atomic E-state index is -0.767. The number of amides is 3. The highest BCUT2D eigenvalue weighted by atomic mass is 79.9. The lowest BCUT2D eigenvalue weighted by atomic mass is 10.1. The normalized spacial score (nSPS) is 18.0. The summed E-state index contributed by atoms with van der Waals surface area (Å²) in [4.78, 5) is 33.1. The molecular weight excluding hydrogens is 546 g/mol. The van der Waals surface area contributed by atoms with Crippen molar-refractivity contribution >= 4 is 83.0 Å². The van der Waals surface area contributed by atoms with Gasteiger partial charge in [0.25, 0.3) is 5.91 Å². The molecule has 0 aliphatic carbocycles. The molecule has 0 radical (unpaired) electrons. The molecule has 4 rings (SSSR count). The molecule has 0 saturated carbocycles. The molecule has 1 unspecified atom stereocenters. The van der Waals surface area contributed by atoms with Crippen molar-refractivity contribution in [2.75, 3.05) is 16.4 Å². The van der Waals surface area contributed by atoms with E-state index in [4.69, 9.17) is 4.74 Å². The molecule has 0 N–H and O–H groups in total. The molecule has 2 aromatic carbocycles. The fourth-order valence-electron chi connectivity index (χ4n) is 3.10. The van der Waals surface area contributed by atoms with Crippen LogP contribution in [0, 0.1) is 0 Å². The van der Waals surface area contributed by atoms with Crippen molar-refractivity contribution in [1.82, 2.24) is 0 Å². The van der Waals surface area contributed by atoms with Gasteiger partial charge < -0.3 is 4.74 Å². The van der Waals surface area contributed by atoms with Crippen molar-refractivity contribution in [1.29, 1.82) is 0 Å². The average Bonchev–Trinajstić information content (AvgIpc) is 2.88. The first-order valence-corrected chi connectivity index (χ1v) is 10.4. The number of fused-ring (bicyclic) bond motifs is 3. The SMILES string of the molecule is CCOc1ccc(N2C(=O)C3C=Nc4c(Br)cc(Br)cc4N3C2=O)cc1Br. The van der Waals surface area contributed by atoms with Crippen LogP contribution in [0.2, 0.25) is 0 Å². The summed E-state index contributed by atoms with van der Waals surface area (Å²) in [5.74, 6) is 0.305. The van der Waals surface area contributed by atoms with Crippen LogP contribution >= 0.6 is 47.8 Å². The number of rotatable bonds is 3. The number of aliphatic imine (C=N–C) groups is 1. The van der Waals surface area contributed by atoms with Crippen LogP contribution in [0.5, 0.6) is 5.75 Å². The van der Waals surface area contributed by atoms with E-state index in [1.54, 1.807) is 24.3 Å². The number of hydrogen-bond acceptors (Lipinski definition) is 4. The van der Waals surface area contributed by atoms with Crippen LogP contribution < -0.4 is 14.5 Å². The first-order valence-electron chi connectivity index (χ1n) is 8.05. The fraction of sp³-hybridized carbons (Fsp3) is 0.167. The Morgan fingerprint density at radius 3 is 2.59 bits per heavy atom. The van der Waals surface area contributed by atoms with Crippen LogP contribution in [0.15, 0.2) is 48.7 Å². The number of benzene rings is 2. The van der Waals surface area contributed by atoms with Gasteiger partial charge >= 0.3 is 6.03 Å². The van der Waals surface area contributed by atoms with E-state index in [0.717, 1.165) is 8.95 Å². The van der Waals surface area contributed by atoms with Crippen LogP contribution in [0.3, 0.4) is 0 Å². The third kappa shape index (κ3) is 3.01. The average molecular weight is 558 g/mol. The predicted octanol–water partition coefficient (Wildman–Crippen LogP) is 5.43. The number of halogens is 3. The Balaban J connectivity index is 1.77. The molecule has 2 aliphatic rings. The number of imide groups is 1. The van der Waals surface area contributed by atoms with E-state index in [-0.39, 0.29) is 5.91 Å². The lowest BCUT2D eigenvalue weighted by molar-refractivity contribution is -0.116. The van der Waals surface area contributed by atoms with Gasteiger partial charge in [0.15, 0.2) is 6.04 Å². The number of hydrogen-bond donors (Lipinski definition) is 0. The molecule has 2 aliphatic heterocycles. The van der Waals surface area contributed by atoms with Crippen molar-refractivity contribution in [3.63, 3.8) is 0 Å². The van der Waals surface area contributed by atoms with Crippen LogP contribution in [-0.2, 0) is 4.79 Å². The van der Waals surface area contributed by atoms with Crippen molar-refractivity contribution in [2.24, 2.45) is 4.99 Å². The number of carbonyl (C=O) groups is 2. The molecule has 9 heteroatoms. The maximum Gasteiger partial charge on any atom is 0.337 e. The Morgan fingerprint density at radius 2 is 1.89 bits per heavy atom. The number of carbonyl (C=O) groups excluding carboxylic acids is 2. The van der Waals surface area contributed by atoms with Gasteiger partial charge in [0.1, 0.15) is 11.4 Å². The first kappa shape index (κ1) is 18.6. The Kier molecular flexibility index (Phi) is 4.85. The van der Waals surface area contributed by atoms with Crippen molar-refractivity contribution in [2.45, 2.75) is 13.0 Å². The lowest BCUT2D eigenvalue weighted by Crippen LogP contribution is -2.38. The van der Waals surface area contributed by atoms with E-state index in [1.807, 2.05) is 13.0 Å². The Hall–Kier alpha value is -1.71. The molecule has 138 valence electrons. The van der Waals surface area contributed by atoms with E-state index >= 15 is 0 Å². The van der Waals surface area contributed by atoms with E-state index in [2.05, 4.69) is 52.8 Å². The summed E-state index contributed by atoms with van der Waals surface area (Å²) in [5, 5.41) is 0. The molecule has 27 heavy (non-hydrogen) atoms. The van der Waals surface area contributed by atoms with Crippen LogP contribution in [-0.4, -0.2) is 30.8 Å². The standard InChI is InChI=1S/C18H12Br3N3O3/c1-2-27-15-4-3-10(7-11(15)20)23-17(25)14-8-22-16-12(21)5-9(19)6-13(16)24(14)18(23)26/h3-8,14H,2H2,1H3. The van der Waals surface area contributed by atoms with Gasteiger partial charge in [-0.15, -0.1) is 0 Å². The molecule has 3 amide bonds. The maximum atomic E-state index is 13.2. The summed E-state index contributed by atoms with van der Waals surface area (Å²) in [5.41, 5.74) is 1.67. The molecule has 1 fully saturated rings. The number of anilines is 2. The van der Waals surface area contributed by atoms with Gasteiger partial charge in [-0.3, -0.25) is 14.7 Å². The van der Waals surface area contributed by atoms with Crippen molar-refractivity contribution in [3.05, 3.63) is 43.7 Å². The second-order valence-corrected chi connectivity index (χ2v) is 8.48. The van der Waals surface area contributed by atoms with Gasteiger partial charge in [-0.25, -0.2) is 9.69 Å². The van der Waals surface area contributed by atoms with Gasteiger partial charge in [-0.05, 0) is 69.1 Å². The van der Waals surface area contributed by atoms with E-state index in [0.29, 0.717) is 33.9 Å². The number of urea groups is 1. The summed E-state index contributed by atoms with van der Waals surface area (Å²) in [7, 11) is 0. The third-order valence-corrected chi connectivity index (χ3v) is 5.92. The van der Waals surface area contributed by atoms with Gasteiger partial charge in [0, 0.05) is 15.2 Å². The predicted molar refractivity (Wildman–Crippen MR) is 114 cm³/mol. The number of nitrogens with zero attached hydrogens (tertiary/aromatic N) is 3. The summed E-state index contributed by atoms with van der Waals surface area (Å²) >= 11 is 10.3. The largest absolute Gasteiger partial charge is 0.493 e. The molecule has 0 bridgehead atoms. The fourth-order valence-corrected chi connectivity index (χ4v) is 4.88. The molecule has 0 aromatic heterocycles. The highest BCUT2D eigenvalue weighted by Crippen LogP contribution is 2.44. The smallest absolute Gasteiger partial charge is 0.337 e. The lowest BCUT2D eigenvalue weighted by Gasteiger charge is -2.25. The summed E-state index contributed by atoms with van der Waals surface area (Å²) in [6, 6.07) is 7.57. The van der Waals surface area contributed by atoms with Crippen molar-refractivity contribution < 1.29 is 14.3 Å². The van der Waals surface area contributed by atoms with Gasteiger partial charge in [-0.2, -0.15) is 0 Å².